The van der Waals surface area contributed by atoms with Gasteiger partial charge in [0.1, 0.15) is 17.3 Å². The molecular weight excluding hydrogens is 418 g/mol. The van der Waals surface area contributed by atoms with Crippen LogP contribution in [0.2, 0.25) is 0 Å². The molecule has 1 unspecified atom stereocenters. The molecule has 1 aliphatic rings. The number of amides is 1. The van der Waals surface area contributed by atoms with Crippen molar-refractivity contribution in [3.8, 4) is 11.5 Å². The number of aliphatic hydroxyl groups is 1. The number of nitrogens with zero attached hydrogens (tertiary/aromatic N) is 1. The number of rotatable bonds is 9. The normalized spacial score (nSPS) is 17.6. The van der Waals surface area contributed by atoms with Crippen LogP contribution in [0.25, 0.3) is 5.76 Å². The molecule has 2 aromatic carbocycles. The molecule has 176 valence electrons. The molecule has 1 amide bonds. The smallest absolute Gasteiger partial charge is 0.295 e. The zero-order valence-corrected chi connectivity index (χ0v) is 20.1. The maximum Gasteiger partial charge on any atom is 0.295 e. The maximum atomic E-state index is 13.1. The number of aryl methyl sites for hydroxylation is 1. The molecule has 3 rings (SSSR count). The van der Waals surface area contributed by atoms with Crippen LogP contribution in [0.5, 0.6) is 11.5 Å². The molecule has 1 N–H and O–H groups in total. The van der Waals surface area contributed by atoms with E-state index >= 15 is 0 Å². The molecule has 0 saturated carbocycles. The van der Waals surface area contributed by atoms with E-state index < -0.39 is 17.7 Å². The fourth-order valence-corrected chi connectivity index (χ4v) is 4.01. The average Bonchev–Trinajstić information content (AvgIpc) is 3.03. The van der Waals surface area contributed by atoms with Crippen LogP contribution in [0.1, 0.15) is 56.8 Å². The number of ketones is 1. The highest BCUT2D eigenvalue weighted by Gasteiger charge is 2.45. The third-order valence-electron chi connectivity index (χ3n) is 5.51. The van der Waals surface area contributed by atoms with Crippen LogP contribution in [-0.2, 0) is 9.59 Å². The zero-order valence-electron chi connectivity index (χ0n) is 20.1. The first-order chi connectivity index (χ1) is 15.8. The fraction of sp³-hybridized carbons (Fsp3) is 0.407. The Balaban J connectivity index is 2.09. The second-order valence-corrected chi connectivity index (χ2v) is 8.68. The van der Waals surface area contributed by atoms with Gasteiger partial charge in [0.25, 0.3) is 11.7 Å². The van der Waals surface area contributed by atoms with Crippen LogP contribution < -0.4 is 9.47 Å². The van der Waals surface area contributed by atoms with Crippen molar-refractivity contribution >= 4 is 17.4 Å². The topological polar surface area (TPSA) is 76.1 Å². The first-order valence-electron chi connectivity index (χ1n) is 11.5. The molecule has 0 aromatic heterocycles. The van der Waals surface area contributed by atoms with Crippen LogP contribution in [0.15, 0.2) is 48.0 Å². The van der Waals surface area contributed by atoms with Crippen molar-refractivity contribution in [2.24, 2.45) is 5.92 Å². The molecule has 33 heavy (non-hydrogen) atoms. The minimum absolute atomic E-state index is 0.0948. The second-order valence-electron chi connectivity index (χ2n) is 8.68. The molecule has 2 aromatic rings. The Labute approximate surface area is 195 Å². The van der Waals surface area contributed by atoms with E-state index in [0.717, 1.165) is 16.9 Å². The van der Waals surface area contributed by atoms with E-state index in [4.69, 9.17) is 9.47 Å². The molecule has 0 bridgehead atoms. The van der Waals surface area contributed by atoms with Gasteiger partial charge in [0.15, 0.2) is 0 Å². The first kappa shape index (κ1) is 24.4. The van der Waals surface area contributed by atoms with Gasteiger partial charge in [-0.3, -0.25) is 9.59 Å². The summed E-state index contributed by atoms with van der Waals surface area (Å²) < 4.78 is 11.5. The first-order valence-corrected chi connectivity index (χ1v) is 11.5. The van der Waals surface area contributed by atoms with E-state index in [1.807, 2.05) is 45.0 Å². The predicted octanol–water partition coefficient (Wildman–Crippen LogP) is 5.26. The molecule has 1 saturated heterocycles. The monoisotopic (exact) mass is 451 g/mol. The van der Waals surface area contributed by atoms with Gasteiger partial charge in [-0.05, 0) is 67.6 Å². The maximum absolute atomic E-state index is 13.1. The van der Waals surface area contributed by atoms with Crippen LogP contribution in [-0.4, -0.2) is 41.5 Å². The lowest BCUT2D eigenvalue weighted by atomic mass is 9.94. The van der Waals surface area contributed by atoms with E-state index in [1.165, 1.54) is 4.90 Å². The van der Waals surface area contributed by atoms with Crippen molar-refractivity contribution in [3.05, 3.63) is 64.7 Å². The minimum atomic E-state index is -0.678. The highest BCUT2D eigenvalue weighted by Crippen LogP contribution is 2.40. The predicted molar refractivity (Wildman–Crippen MR) is 128 cm³/mol. The lowest BCUT2D eigenvalue weighted by Gasteiger charge is -2.25. The van der Waals surface area contributed by atoms with Gasteiger partial charge in [-0.2, -0.15) is 0 Å². The summed E-state index contributed by atoms with van der Waals surface area (Å²) in [6.45, 7) is 11.4. The molecule has 6 nitrogen and oxygen atoms in total. The summed E-state index contributed by atoms with van der Waals surface area (Å²) in [5.41, 5.74) is 2.14. The van der Waals surface area contributed by atoms with Crippen LogP contribution >= 0.6 is 0 Å². The number of Topliss-reactive ketones (excluding diaryl/α,β-unsaturated/α-hetero) is 1. The van der Waals surface area contributed by atoms with Gasteiger partial charge >= 0.3 is 0 Å². The number of benzene rings is 2. The van der Waals surface area contributed by atoms with Gasteiger partial charge in [0.05, 0.1) is 24.8 Å². The molecule has 1 fully saturated rings. The SMILES string of the molecule is CCCN1C(=O)C(=O)/C(=C(/O)c2ccc(OCC(C)C)c(C)c2)C1c1cccc(OCC)c1. The largest absolute Gasteiger partial charge is 0.507 e. The number of ether oxygens (including phenoxy) is 2. The lowest BCUT2D eigenvalue weighted by molar-refractivity contribution is -0.139. The Kier molecular flexibility index (Phi) is 7.79. The third-order valence-corrected chi connectivity index (χ3v) is 5.51. The van der Waals surface area contributed by atoms with E-state index in [-0.39, 0.29) is 11.3 Å². The summed E-state index contributed by atoms with van der Waals surface area (Å²) in [6, 6.07) is 12.0. The molecule has 0 radical (unpaired) electrons. The van der Waals surface area contributed by atoms with Crippen LogP contribution in [0.3, 0.4) is 0 Å². The van der Waals surface area contributed by atoms with Gasteiger partial charge in [-0.1, -0.05) is 32.9 Å². The summed E-state index contributed by atoms with van der Waals surface area (Å²) >= 11 is 0. The highest BCUT2D eigenvalue weighted by molar-refractivity contribution is 6.46. The summed E-state index contributed by atoms with van der Waals surface area (Å²) in [6.07, 6.45) is 0.690. The molecule has 1 aliphatic heterocycles. The second kappa shape index (κ2) is 10.6. The Bertz CT molecular complexity index is 1060. The summed E-state index contributed by atoms with van der Waals surface area (Å²) in [7, 11) is 0. The van der Waals surface area contributed by atoms with E-state index in [0.29, 0.717) is 43.4 Å². The molecule has 1 heterocycles. The number of aliphatic hydroxyl groups excluding tert-OH is 1. The summed E-state index contributed by atoms with van der Waals surface area (Å²) in [5.74, 6) is 0.313. The van der Waals surface area contributed by atoms with Gasteiger partial charge in [-0.15, -0.1) is 0 Å². The standard InChI is InChI=1S/C27H33NO5/c1-6-13-28-24(19-9-8-10-21(15-19)32-7-2)23(26(30)27(28)31)25(29)20-11-12-22(18(5)14-20)33-16-17(3)4/h8-12,14-15,17,24,29H,6-7,13,16H2,1-5H3/b25-23+. The molecule has 1 atom stereocenters. The van der Waals surface area contributed by atoms with E-state index in [9.17, 15) is 14.7 Å². The lowest BCUT2D eigenvalue weighted by Crippen LogP contribution is -2.30. The minimum Gasteiger partial charge on any atom is -0.507 e. The van der Waals surface area contributed by atoms with Crippen molar-refractivity contribution in [2.75, 3.05) is 19.8 Å². The van der Waals surface area contributed by atoms with Gasteiger partial charge < -0.3 is 19.5 Å². The van der Waals surface area contributed by atoms with Gasteiger partial charge in [0, 0.05) is 12.1 Å². The van der Waals surface area contributed by atoms with Gasteiger partial charge in [-0.25, -0.2) is 0 Å². The fourth-order valence-electron chi connectivity index (χ4n) is 4.01. The molecule has 0 aliphatic carbocycles. The van der Waals surface area contributed by atoms with Crippen molar-refractivity contribution in [1.82, 2.24) is 4.90 Å². The Morgan fingerprint density at radius 2 is 1.85 bits per heavy atom. The summed E-state index contributed by atoms with van der Waals surface area (Å²) in [4.78, 5) is 27.5. The van der Waals surface area contributed by atoms with Crippen molar-refractivity contribution in [3.63, 3.8) is 0 Å². The molecular formula is C27H33NO5. The zero-order chi connectivity index (χ0) is 24.1. The molecule has 0 spiro atoms. The average molecular weight is 452 g/mol. The van der Waals surface area contributed by atoms with Crippen LogP contribution in [0.4, 0.5) is 0 Å². The quantitative estimate of drug-likeness (QED) is 0.320. The number of carbonyl (C=O) groups is 2. The van der Waals surface area contributed by atoms with Crippen molar-refractivity contribution < 1.29 is 24.2 Å². The number of likely N-dealkylation sites (tertiary alicyclic amines) is 1. The number of hydrogen-bond acceptors (Lipinski definition) is 5. The number of carbonyl (C=O) groups excluding carboxylic acids is 2. The third kappa shape index (κ3) is 5.21. The summed E-state index contributed by atoms with van der Waals surface area (Å²) in [5, 5.41) is 11.2. The van der Waals surface area contributed by atoms with Crippen molar-refractivity contribution in [2.45, 2.75) is 47.1 Å². The van der Waals surface area contributed by atoms with Gasteiger partial charge in [0.2, 0.25) is 0 Å². The van der Waals surface area contributed by atoms with Crippen molar-refractivity contribution in [1.29, 1.82) is 0 Å². The van der Waals surface area contributed by atoms with E-state index in [2.05, 4.69) is 13.8 Å². The Hall–Kier alpha value is -3.28. The molecule has 6 heteroatoms. The Morgan fingerprint density at radius 1 is 1.09 bits per heavy atom. The highest BCUT2D eigenvalue weighted by atomic mass is 16.5. The Morgan fingerprint density at radius 3 is 2.48 bits per heavy atom. The van der Waals surface area contributed by atoms with Crippen LogP contribution in [0, 0.1) is 12.8 Å². The number of hydrogen-bond donors (Lipinski definition) is 1. The van der Waals surface area contributed by atoms with E-state index in [1.54, 1.807) is 18.2 Å².